The van der Waals surface area contributed by atoms with E-state index in [-0.39, 0.29) is 24.1 Å². The highest BCUT2D eigenvalue weighted by Gasteiger charge is 2.27. The summed E-state index contributed by atoms with van der Waals surface area (Å²) in [7, 11) is 1.43. The van der Waals surface area contributed by atoms with Crippen molar-refractivity contribution < 1.29 is 14.0 Å². The molecule has 2 aromatic heterocycles. The van der Waals surface area contributed by atoms with Gasteiger partial charge in [0.25, 0.3) is 5.56 Å². The molecule has 0 aliphatic heterocycles. The molecule has 0 radical (unpaired) electrons. The average Bonchev–Trinajstić information content (AvgIpc) is 3.24. The van der Waals surface area contributed by atoms with Gasteiger partial charge < -0.3 is 10.6 Å². The van der Waals surface area contributed by atoms with Gasteiger partial charge in [-0.25, -0.2) is 9.37 Å². The third kappa shape index (κ3) is 4.60. The maximum atomic E-state index is 13.6. The summed E-state index contributed by atoms with van der Waals surface area (Å²) >= 11 is 1.39. The number of carbonyl (C=O) groups is 2. The normalized spacial score (nSPS) is 12.0. The van der Waals surface area contributed by atoms with Gasteiger partial charge in [0.2, 0.25) is 11.8 Å². The zero-order valence-electron chi connectivity index (χ0n) is 18.7. The molecule has 4 rings (SSSR count). The summed E-state index contributed by atoms with van der Waals surface area (Å²) in [5.41, 5.74) is 8.38. The van der Waals surface area contributed by atoms with E-state index in [9.17, 15) is 18.8 Å². The second-order valence-corrected chi connectivity index (χ2v) is 8.91. The molecular formula is C25H23FN4O3S. The number of fused-ring (bicyclic) bond motifs is 1. The Morgan fingerprint density at radius 1 is 1.21 bits per heavy atom. The SMILES string of the molecule is Cc1ccc(-c2csc3ncn(CCC(=O)N(C)C(C(N)=O)c4cccc(F)c4)c(=O)c23)cc1. The van der Waals surface area contributed by atoms with Gasteiger partial charge in [-0.1, -0.05) is 42.0 Å². The Morgan fingerprint density at radius 2 is 1.94 bits per heavy atom. The molecule has 2 N–H and O–H groups in total. The predicted octanol–water partition coefficient (Wildman–Crippen LogP) is 3.65. The van der Waals surface area contributed by atoms with E-state index in [2.05, 4.69) is 4.98 Å². The summed E-state index contributed by atoms with van der Waals surface area (Å²) in [6.45, 7) is 2.07. The molecule has 1 atom stereocenters. The molecule has 1 unspecified atom stereocenters. The number of halogens is 1. The number of likely N-dealkylation sites (N-methyl/N-ethyl adjacent to an activating group) is 1. The van der Waals surface area contributed by atoms with Crippen molar-refractivity contribution >= 4 is 33.4 Å². The first kappa shape index (κ1) is 23.3. The van der Waals surface area contributed by atoms with Gasteiger partial charge in [0, 0.05) is 31.0 Å². The van der Waals surface area contributed by atoms with Crippen LogP contribution in [0.5, 0.6) is 0 Å². The quantitative estimate of drug-likeness (QED) is 0.438. The van der Waals surface area contributed by atoms with Crippen LogP contribution in [-0.4, -0.2) is 33.3 Å². The van der Waals surface area contributed by atoms with Gasteiger partial charge >= 0.3 is 0 Å². The molecule has 34 heavy (non-hydrogen) atoms. The molecule has 0 bridgehead atoms. The number of thiophene rings is 1. The molecule has 4 aromatic rings. The molecule has 0 aliphatic rings. The molecule has 2 aromatic carbocycles. The lowest BCUT2D eigenvalue weighted by molar-refractivity contribution is -0.138. The van der Waals surface area contributed by atoms with Crippen LogP contribution >= 0.6 is 11.3 Å². The Morgan fingerprint density at radius 3 is 2.62 bits per heavy atom. The largest absolute Gasteiger partial charge is 0.368 e. The van der Waals surface area contributed by atoms with Crippen LogP contribution in [0.15, 0.2) is 65.0 Å². The first-order valence-electron chi connectivity index (χ1n) is 10.6. The minimum atomic E-state index is -1.12. The van der Waals surface area contributed by atoms with Crippen molar-refractivity contribution in [3.8, 4) is 11.1 Å². The topological polar surface area (TPSA) is 98.3 Å². The van der Waals surface area contributed by atoms with Gasteiger partial charge in [-0.15, -0.1) is 11.3 Å². The maximum absolute atomic E-state index is 13.6. The Labute approximate surface area is 199 Å². The summed E-state index contributed by atoms with van der Waals surface area (Å²) in [4.78, 5) is 44.3. The van der Waals surface area contributed by atoms with Gasteiger partial charge in [0.1, 0.15) is 16.7 Å². The van der Waals surface area contributed by atoms with Gasteiger partial charge in [-0.05, 0) is 30.2 Å². The van der Waals surface area contributed by atoms with Crippen LogP contribution in [0.3, 0.4) is 0 Å². The van der Waals surface area contributed by atoms with E-state index in [1.54, 1.807) is 0 Å². The van der Waals surface area contributed by atoms with Crippen molar-refractivity contribution in [1.29, 1.82) is 0 Å². The zero-order chi connectivity index (χ0) is 24.4. The third-order valence-electron chi connectivity index (χ3n) is 5.70. The van der Waals surface area contributed by atoms with Gasteiger partial charge in [0.15, 0.2) is 0 Å². The Bertz CT molecular complexity index is 1430. The van der Waals surface area contributed by atoms with Gasteiger partial charge in [-0.3, -0.25) is 19.0 Å². The number of hydrogen-bond donors (Lipinski definition) is 1. The lowest BCUT2D eigenvalue weighted by Crippen LogP contribution is -2.39. The van der Waals surface area contributed by atoms with Crippen LogP contribution in [0, 0.1) is 12.7 Å². The number of rotatable bonds is 7. The number of hydrogen-bond acceptors (Lipinski definition) is 5. The molecule has 7 nitrogen and oxygen atoms in total. The molecule has 9 heteroatoms. The number of aromatic nitrogens is 2. The lowest BCUT2D eigenvalue weighted by Gasteiger charge is -2.26. The number of nitrogens with two attached hydrogens (primary N) is 1. The number of nitrogens with zero attached hydrogens (tertiary/aromatic N) is 3. The number of primary amides is 1. The fourth-order valence-corrected chi connectivity index (χ4v) is 4.77. The second kappa shape index (κ2) is 9.56. The highest BCUT2D eigenvalue weighted by molar-refractivity contribution is 7.17. The molecule has 0 saturated carbocycles. The van der Waals surface area contributed by atoms with Crippen molar-refractivity contribution in [2.75, 3.05) is 7.05 Å². The monoisotopic (exact) mass is 478 g/mol. The minimum absolute atomic E-state index is 0.0628. The molecule has 0 spiro atoms. The number of amides is 2. The van der Waals surface area contributed by atoms with Crippen molar-refractivity contribution in [2.45, 2.75) is 25.9 Å². The Balaban J connectivity index is 1.57. The van der Waals surface area contributed by atoms with Crippen LogP contribution in [0.1, 0.15) is 23.6 Å². The number of aryl methyl sites for hydroxylation is 2. The molecule has 2 heterocycles. The van der Waals surface area contributed by atoms with Crippen LogP contribution in [0.25, 0.3) is 21.3 Å². The summed E-state index contributed by atoms with van der Waals surface area (Å²) in [5.74, 6) is -1.72. The zero-order valence-corrected chi connectivity index (χ0v) is 19.5. The van der Waals surface area contributed by atoms with Crippen molar-refractivity contribution in [2.24, 2.45) is 5.73 Å². The highest BCUT2D eigenvalue weighted by Crippen LogP contribution is 2.30. The van der Waals surface area contributed by atoms with E-state index in [4.69, 9.17) is 5.73 Å². The van der Waals surface area contributed by atoms with Crippen LogP contribution in [0.2, 0.25) is 0 Å². The van der Waals surface area contributed by atoms with Gasteiger partial charge in [-0.2, -0.15) is 0 Å². The summed E-state index contributed by atoms with van der Waals surface area (Å²) in [5, 5.41) is 2.41. The standard InChI is InChI=1S/C25H23FN4O3S/c1-15-6-8-16(9-7-15)19-13-34-24-21(19)25(33)30(14-28-24)11-10-20(31)29(2)22(23(27)32)17-4-3-5-18(26)12-17/h3-9,12-14,22H,10-11H2,1-2H3,(H2,27,32). The Hall–Kier alpha value is -3.85. The van der Waals surface area contributed by atoms with Crippen LogP contribution < -0.4 is 11.3 Å². The van der Waals surface area contributed by atoms with E-state index in [0.29, 0.717) is 10.2 Å². The van der Waals surface area contributed by atoms with E-state index >= 15 is 0 Å². The van der Waals surface area contributed by atoms with E-state index in [1.165, 1.54) is 58.4 Å². The predicted molar refractivity (Wildman–Crippen MR) is 130 cm³/mol. The number of carbonyl (C=O) groups excluding carboxylic acids is 2. The molecule has 0 saturated heterocycles. The van der Waals surface area contributed by atoms with Crippen molar-refractivity contribution in [1.82, 2.24) is 14.5 Å². The van der Waals surface area contributed by atoms with Crippen molar-refractivity contribution in [3.63, 3.8) is 0 Å². The van der Waals surface area contributed by atoms with Crippen LogP contribution in [-0.2, 0) is 16.1 Å². The fourth-order valence-electron chi connectivity index (χ4n) is 3.86. The van der Waals surface area contributed by atoms with E-state index in [1.807, 2.05) is 36.6 Å². The molecule has 0 fully saturated rings. The molecule has 2 amide bonds. The highest BCUT2D eigenvalue weighted by atomic mass is 32.1. The summed E-state index contributed by atoms with van der Waals surface area (Å²) in [6.07, 6.45) is 1.36. The second-order valence-electron chi connectivity index (χ2n) is 8.05. The molecule has 0 aliphatic carbocycles. The lowest BCUT2D eigenvalue weighted by atomic mass is 10.0. The Kier molecular flexibility index (Phi) is 6.56. The third-order valence-corrected chi connectivity index (χ3v) is 6.59. The molecular weight excluding hydrogens is 455 g/mol. The van der Waals surface area contributed by atoms with E-state index < -0.39 is 23.7 Å². The number of benzene rings is 2. The summed E-state index contributed by atoms with van der Waals surface area (Å²) in [6, 6.07) is 12.2. The fraction of sp³-hybridized carbons (Fsp3) is 0.200. The summed E-state index contributed by atoms with van der Waals surface area (Å²) < 4.78 is 15.0. The molecule has 174 valence electrons. The maximum Gasteiger partial charge on any atom is 0.262 e. The average molecular weight is 479 g/mol. The smallest absolute Gasteiger partial charge is 0.262 e. The van der Waals surface area contributed by atoms with Gasteiger partial charge in [0.05, 0.1) is 11.7 Å². The first-order chi connectivity index (χ1) is 16.3. The first-order valence-corrected chi connectivity index (χ1v) is 11.5. The van der Waals surface area contributed by atoms with Crippen molar-refractivity contribution in [3.05, 3.63) is 87.5 Å². The van der Waals surface area contributed by atoms with E-state index in [0.717, 1.165) is 16.7 Å². The minimum Gasteiger partial charge on any atom is -0.368 e. The van der Waals surface area contributed by atoms with Crippen LogP contribution in [0.4, 0.5) is 4.39 Å².